The van der Waals surface area contributed by atoms with Gasteiger partial charge in [0.05, 0.1) is 17.5 Å². The van der Waals surface area contributed by atoms with Gasteiger partial charge in [0, 0.05) is 7.05 Å². The molecule has 0 saturated carbocycles. The third kappa shape index (κ3) is 2.81. The van der Waals surface area contributed by atoms with Crippen molar-refractivity contribution in [1.82, 2.24) is 9.78 Å². The Bertz CT molecular complexity index is 634. The van der Waals surface area contributed by atoms with Crippen molar-refractivity contribution in [2.24, 2.45) is 7.05 Å². The van der Waals surface area contributed by atoms with E-state index in [1.54, 1.807) is 0 Å². The van der Waals surface area contributed by atoms with Gasteiger partial charge < -0.3 is 9.84 Å². The fraction of sp³-hybridized carbons (Fsp3) is 0.471. The van der Waals surface area contributed by atoms with Crippen molar-refractivity contribution in [2.45, 2.75) is 45.3 Å². The van der Waals surface area contributed by atoms with Gasteiger partial charge in [-0.15, -0.1) is 0 Å². The summed E-state index contributed by atoms with van der Waals surface area (Å²) in [4.78, 5) is 0. The van der Waals surface area contributed by atoms with Crippen LogP contribution in [0, 0.1) is 0 Å². The van der Waals surface area contributed by atoms with E-state index in [1.165, 1.54) is 0 Å². The van der Waals surface area contributed by atoms with Crippen LogP contribution in [0.4, 0.5) is 0 Å². The molecule has 4 heteroatoms. The highest BCUT2D eigenvalue weighted by atomic mass is 16.5. The summed E-state index contributed by atoms with van der Waals surface area (Å²) in [5.74, 6) is 0.894. The number of aliphatic hydroxyl groups excluding tert-OH is 1. The van der Waals surface area contributed by atoms with Gasteiger partial charge in [-0.05, 0) is 48.9 Å². The number of aryl methyl sites for hydroxylation is 2. The van der Waals surface area contributed by atoms with Crippen molar-refractivity contribution in [1.29, 1.82) is 0 Å². The number of aliphatic hydroxyl groups is 1. The lowest BCUT2D eigenvalue weighted by atomic mass is 9.89. The number of ether oxygens (including phenoxy) is 1. The number of benzene rings is 1. The molecule has 1 aromatic carbocycles. The lowest BCUT2D eigenvalue weighted by Crippen LogP contribution is -2.11. The summed E-state index contributed by atoms with van der Waals surface area (Å²) in [6.07, 6.45) is 3.42. The Hall–Kier alpha value is -1.81. The number of rotatable bonds is 4. The molecular formula is C17H22N2O2. The van der Waals surface area contributed by atoms with E-state index in [-0.39, 0.29) is 6.10 Å². The van der Waals surface area contributed by atoms with Gasteiger partial charge in [0.25, 0.3) is 0 Å². The number of nitrogens with zero attached hydrogens (tertiary/aromatic N) is 2. The Balaban J connectivity index is 1.79. The van der Waals surface area contributed by atoms with E-state index in [2.05, 4.69) is 18.1 Å². The van der Waals surface area contributed by atoms with Crippen LogP contribution in [0.5, 0.6) is 5.75 Å². The first-order valence-electron chi connectivity index (χ1n) is 7.63. The van der Waals surface area contributed by atoms with Gasteiger partial charge in [-0.25, -0.2) is 0 Å². The monoisotopic (exact) mass is 286 g/mol. The van der Waals surface area contributed by atoms with Gasteiger partial charge in [-0.1, -0.05) is 19.1 Å². The molecule has 0 saturated heterocycles. The maximum atomic E-state index is 10.1. The molecule has 0 fully saturated rings. The number of aromatic nitrogens is 2. The zero-order chi connectivity index (χ0) is 14.8. The summed E-state index contributed by atoms with van der Waals surface area (Å²) in [6.45, 7) is 2.61. The molecule has 1 aromatic heterocycles. The second-order valence-corrected chi connectivity index (χ2v) is 5.62. The van der Waals surface area contributed by atoms with Crippen molar-refractivity contribution in [3.63, 3.8) is 0 Å². The molecule has 0 aliphatic heterocycles. The molecule has 112 valence electrons. The Labute approximate surface area is 125 Å². The summed E-state index contributed by atoms with van der Waals surface area (Å²) in [6, 6.07) is 8.05. The van der Waals surface area contributed by atoms with E-state index >= 15 is 0 Å². The molecule has 2 aromatic rings. The van der Waals surface area contributed by atoms with Crippen molar-refractivity contribution in [3.8, 4) is 5.75 Å². The number of hydrogen-bond donors (Lipinski definition) is 1. The summed E-state index contributed by atoms with van der Waals surface area (Å²) in [7, 11) is 1.95. The third-order valence-corrected chi connectivity index (χ3v) is 4.20. The minimum absolute atomic E-state index is 0.347. The van der Waals surface area contributed by atoms with E-state index in [0.717, 1.165) is 53.9 Å². The van der Waals surface area contributed by atoms with E-state index < -0.39 is 0 Å². The fourth-order valence-electron chi connectivity index (χ4n) is 2.96. The molecule has 1 atom stereocenters. The summed E-state index contributed by atoms with van der Waals surface area (Å²) in [5, 5.41) is 14.5. The normalized spacial score (nSPS) is 17.6. The third-order valence-electron chi connectivity index (χ3n) is 4.20. The molecule has 3 rings (SSSR count). The van der Waals surface area contributed by atoms with Crippen molar-refractivity contribution in [2.75, 3.05) is 0 Å². The highest BCUT2D eigenvalue weighted by Crippen LogP contribution is 2.35. The predicted octanol–water partition coefficient (Wildman–Crippen LogP) is 2.93. The minimum atomic E-state index is -0.347. The zero-order valence-electron chi connectivity index (χ0n) is 12.7. The lowest BCUT2D eigenvalue weighted by molar-refractivity contribution is 0.155. The lowest BCUT2D eigenvalue weighted by Gasteiger charge is -2.23. The molecule has 1 unspecified atom stereocenters. The average molecular weight is 286 g/mol. The Morgan fingerprint density at radius 3 is 3.05 bits per heavy atom. The van der Waals surface area contributed by atoms with Crippen LogP contribution in [0.3, 0.4) is 0 Å². The van der Waals surface area contributed by atoms with E-state index in [1.807, 2.05) is 29.9 Å². The van der Waals surface area contributed by atoms with E-state index in [4.69, 9.17) is 4.74 Å². The summed E-state index contributed by atoms with van der Waals surface area (Å²) < 4.78 is 7.88. The molecule has 1 aliphatic carbocycles. The van der Waals surface area contributed by atoms with E-state index in [0.29, 0.717) is 6.61 Å². The van der Waals surface area contributed by atoms with Crippen LogP contribution in [-0.2, 0) is 26.5 Å². The standard InChI is InChI=1S/C17H22N2O2/c1-3-12-10-13(19(2)18-12)11-21-17-9-5-6-14-15(17)7-4-8-16(14)20/h5-6,9-10,16,20H,3-4,7-8,11H2,1-2H3. The van der Waals surface area contributed by atoms with Crippen LogP contribution in [0.2, 0.25) is 0 Å². The van der Waals surface area contributed by atoms with Gasteiger partial charge in [0.2, 0.25) is 0 Å². The van der Waals surface area contributed by atoms with Crippen molar-refractivity contribution in [3.05, 3.63) is 46.8 Å². The maximum absolute atomic E-state index is 10.1. The quantitative estimate of drug-likeness (QED) is 0.940. The van der Waals surface area contributed by atoms with Crippen LogP contribution in [0.25, 0.3) is 0 Å². The number of fused-ring (bicyclic) bond motifs is 1. The van der Waals surface area contributed by atoms with Crippen LogP contribution >= 0.6 is 0 Å². The molecule has 1 aliphatic rings. The summed E-state index contributed by atoms with van der Waals surface area (Å²) in [5.41, 5.74) is 4.34. The van der Waals surface area contributed by atoms with Crippen LogP contribution in [0.1, 0.15) is 48.4 Å². The van der Waals surface area contributed by atoms with Crippen molar-refractivity contribution < 1.29 is 9.84 Å². The van der Waals surface area contributed by atoms with E-state index in [9.17, 15) is 5.11 Å². The highest BCUT2D eigenvalue weighted by Gasteiger charge is 2.21. The van der Waals surface area contributed by atoms with Gasteiger partial charge >= 0.3 is 0 Å². The summed E-state index contributed by atoms with van der Waals surface area (Å²) >= 11 is 0. The van der Waals surface area contributed by atoms with Gasteiger partial charge in [-0.3, -0.25) is 4.68 Å². The molecule has 1 N–H and O–H groups in total. The molecule has 4 nitrogen and oxygen atoms in total. The second-order valence-electron chi connectivity index (χ2n) is 5.62. The second kappa shape index (κ2) is 5.90. The first-order valence-corrected chi connectivity index (χ1v) is 7.63. The molecule has 0 radical (unpaired) electrons. The molecule has 0 bridgehead atoms. The van der Waals surface area contributed by atoms with Gasteiger partial charge in [0.1, 0.15) is 12.4 Å². The molecular weight excluding hydrogens is 264 g/mol. The largest absolute Gasteiger partial charge is 0.487 e. The van der Waals surface area contributed by atoms with Gasteiger partial charge in [0.15, 0.2) is 0 Å². The Morgan fingerprint density at radius 2 is 2.29 bits per heavy atom. The van der Waals surface area contributed by atoms with Crippen molar-refractivity contribution >= 4 is 0 Å². The SMILES string of the molecule is CCc1cc(COc2cccc3c2CCCC3O)n(C)n1. The first-order chi connectivity index (χ1) is 10.2. The molecule has 0 spiro atoms. The van der Waals surface area contributed by atoms with Gasteiger partial charge in [-0.2, -0.15) is 5.10 Å². The smallest absolute Gasteiger partial charge is 0.130 e. The molecule has 21 heavy (non-hydrogen) atoms. The van der Waals surface area contributed by atoms with Crippen LogP contribution in [0.15, 0.2) is 24.3 Å². The Kier molecular flexibility index (Phi) is 3.97. The minimum Gasteiger partial charge on any atom is -0.487 e. The highest BCUT2D eigenvalue weighted by molar-refractivity contribution is 5.42. The molecule has 0 amide bonds. The molecule has 1 heterocycles. The first kappa shape index (κ1) is 14.1. The maximum Gasteiger partial charge on any atom is 0.130 e. The zero-order valence-corrected chi connectivity index (χ0v) is 12.7. The van der Waals surface area contributed by atoms with Crippen LogP contribution in [-0.4, -0.2) is 14.9 Å². The fourth-order valence-corrected chi connectivity index (χ4v) is 2.96. The predicted molar refractivity (Wildman–Crippen MR) is 81.3 cm³/mol. The van der Waals surface area contributed by atoms with Crippen LogP contribution < -0.4 is 4.74 Å². The Morgan fingerprint density at radius 1 is 1.43 bits per heavy atom. The number of hydrogen-bond acceptors (Lipinski definition) is 3. The average Bonchev–Trinajstić information content (AvgIpc) is 2.86. The topological polar surface area (TPSA) is 47.3 Å².